The number of hydrogen-bond donors (Lipinski definition) is 3. The molecule has 2 amide bonds. The maximum Gasteiger partial charge on any atom is 0.252 e. The zero-order valence-electron chi connectivity index (χ0n) is 14.3. The van der Waals surface area contributed by atoms with Crippen molar-refractivity contribution in [2.45, 2.75) is 19.8 Å². The average molecular weight is 341 g/mol. The molecule has 1 aliphatic rings. The summed E-state index contributed by atoms with van der Waals surface area (Å²) in [7, 11) is 0. The van der Waals surface area contributed by atoms with Gasteiger partial charge in [-0.1, -0.05) is 13.5 Å². The highest BCUT2D eigenvalue weighted by molar-refractivity contribution is 6.05. The fourth-order valence-corrected chi connectivity index (χ4v) is 3.46. The Bertz CT molecular complexity index is 828. The number of H-pyrrole nitrogens is 1. The van der Waals surface area contributed by atoms with Crippen LogP contribution in [0.1, 0.15) is 30.1 Å². The Morgan fingerprint density at radius 1 is 1.56 bits per heavy atom. The fraction of sp³-hybridized carbons (Fsp3) is 0.389. The van der Waals surface area contributed by atoms with Crippen molar-refractivity contribution in [2.24, 2.45) is 11.1 Å². The number of hydrogen-bond acceptors (Lipinski definition) is 4. The van der Waals surface area contributed by atoms with E-state index in [0.717, 1.165) is 24.8 Å². The van der Waals surface area contributed by atoms with Crippen molar-refractivity contribution in [3.8, 4) is 0 Å². The highest BCUT2D eigenvalue weighted by atomic mass is 16.2. The number of carbonyl (C=O) groups is 2. The zero-order chi connectivity index (χ0) is 18.0. The molecule has 4 N–H and O–H groups in total. The van der Waals surface area contributed by atoms with Crippen LogP contribution < -0.4 is 11.1 Å². The summed E-state index contributed by atoms with van der Waals surface area (Å²) < 4.78 is 0. The van der Waals surface area contributed by atoms with Gasteiger partial charge in [0.1, 0.15) is 5.65 Å². The van der Waals surface area contributed by atoms with Gasteiger partial charge in [-0.05, 0) is 25.0 Å². The molecule has 7 heteroatoms. The first kappa shape index (κ1) is 17.0. The molecule has 0 spiro atoms. The quantitative estimate of drug-likeness (QED) is 0.722. The third kappa shape index (κ3) is 3.35. The lowest BCUT2D eigenvalue weighted by Crippen LogP contribution is -2.47. The van der Waals surface area contributed by atoms with Gasteiger partial charge in [-0.2, -0.15) is 0 Å². The predicted octanol–water partition coefficient (Wildman–Crippen LogP) is 1.89. The molecular formula is C18H23N5O2. The van der Waals surface area contributed by atoms with Gasteiger partial charge in [0.05, 0.1) is 11.3 Å². The van der Waals surface area contributed by atoms with Crippen molar-refractivity contribution < 1.29 is 9.59 Å². The van der Waals surface area contributed by atoms with Crippen LogP contribution in [0.4, 0.5) is 5.69 Å². The number of piperidine rings is 1. The van der Waals surface area contributed by atoms with E-state index in [9.17, 15) is 9.59 Å². The van der Waals surface area contributed by atoms with Crippen molar-refractivity contribution in [1.29, 1.82) is 0 Å². The zero-order valence-corrected chi connectivity index (χ0v) is 14.3. The normalized spacial score (nSPS) is 20.4. The summed E-state index contributed by atoms with van der Waals surface area (Å²) in [6, 6.07) is 1.87. The van der Waals surface area contributed by atoms with Crippen LogP contribution in [-0.2, 0) is 4.79 Å². The molecule has 132 valence electrons. The van der Waals surface area contributed by atoms with Crippen molar-refractivity contribution >= 4 is 28.5 Å². The highest BCUT2D eigenvalue weighted by Gasteiger charge is 2.32. The SMILES string of the molecule is C=CC(=O)N1CCCC(C)(CNc2c(C(N)=O)cnc3[nH]ccc23)C1. The summed E-state index contributed by atoms with van der Waals surface area (Å²) in [5.74, 6) is -0.559. The van der Waals surface area contributed by atoms with Gasteiger partial charge in [0, 0.05) is 42.8 Å². The molecule has 0 saturated carbocycles. The molecule has 0 radical (unpaired) electrons. The van der Waals surface area contributed by atoms with Crippen LogP contribution in [0.2, 0.25) is 0 Å². The first-order valence-corrected chi connectivity index (χ1v) is 8.35. The van der Waals surface area contributed by atoms with Gasteiger partial charge >= 0.3 is 0 Å². The van der Waals surface area contributed by atoms with E-state index in [2.05, 4.69) is 28.8 Å². The topological polar surface area (TPSA) is 104 Å². The molecule has 0 bridgehead atoms. The van der Waals surface area contributed by atoms with Crippen LogP contribution in [-0.4, -0.2) is 46.3 Å². The number of rotatable bonds is 5. The molecule has 0 aliphatic carbocycles. The van der Waals surface area contributed by atoms with E-state index in [-0.39, 0.29) is 11.3 Å². The van der Waals surface area contributed by atoms with Gasteiger partial charge in [-0.25, -0.2) is 4.98 Å². The number of primary amides is 1. The Balaban J connectivity index is 1.83. The van der Waals surface area contributed by atoms with Crippen LogP contribution in [0.15, 0.2) is 31.1 Å². The minimum Gasteiger partial charge on any atom is -0.383 e. The van der Waals surface area contributed by atoms with E-state index < -0.39 is 5.91 Å². The number of pyridine rings is 1. The number of nitrogens with one attached hydrogen (secondary N) is 2. The molecule has 2 aromatic rings. The summed E-state index contributed by atoms with van der Waals surface area (Å²) in [5, 5.41) is 4.22. The van der Waals surface area contributed by atoms with E-state index in [0.29, 0.717) is 30.0 Å². The molecule has 1 aliphatic heterocycles. The van der Waals surface area contributed by atoms with Gasteiger partial charge < -0.3 is 20.9 Å². The standard InChI is InChI=1S/C18H23N5O2/c1-3-14(24)23-8-4-6-18(2,11-23)10-22-15-12-5-7-20-17(12)21-9-13(15)16(19)25/h3,5,7,9H,1,4,6,8,10-11H2,2H3,(H2,19,25)(H2,20,21,22). The number of amides is 2. The second-order valence-corrected chi connectivity index (χ2v) is 6.88. The van der Waals surface area contributed by atoms with E-state index in [1.807, 2.05) is 11.0 Å². The van der Waals surface area contributed by atoms with Crippen molar-refractivity contribution in [1.82, 2.24) is 14.9 Å². The van der Waals surface area contributed by atoms with Gasteiger partial charge in [0.2, 0.25) is 5.91 Å². The molecule has 2 aromatic heterocycles. The Kier molecular flexibility index (Phi) is 4.48. The third-order valence-corrected chi connectivity index (χ3v) is 4.81. The molecule has 25 heavy (non-hydrogen) atoms. The molecule has 7 nitrogen and oxygen atoms in total. The molecule has 1 saturated heterocycles. The summed E-state index contributed by atoms with van der Waals surface area (Å²) in [4.78, 5) is 32.8. The number of fused-ring (bicyclic) bond motifs is 1. The molecule has 1 fully saturated rings. The number of aromatic amines is 1. The number of nitrogens with two attached hydrogens (primary N) is 1. The van der Waals surface area contributed by atoms with Crippen LogP contribution in [0.3, 0.4) is 0 Å². The Hall–Kier alpha value is -2.83. The lowest BCUT2D eigenvalue weighted by molar-refractivity contribution is -0.129. The average Bonchev–Trinajstić information content (AvgIpc) is 3.07. The Labute approximate surface area is 146 Å². The summed E-state index contributed by atoms with van der Waals surface area (Å²) in [6.07, 6.45) is 6.56. The molecular weight excluding hydrogens is 318 g/mol. The number of anilines is 1. The predicted molar refractivity (Wildman–Crippen MR) is 97.2 cm³/mol. The van der Waals surface area contributed by atoms with Crippen LogP contribution in [0.25, 0.3) is 11.0 Å². The lowest BCUT2D eigenvalue weighted by Gasteiger charge is -2.40. The summed E-state index contributed by atoms with van der Waals surface area (Å²) >= 11 is 0. The largest absolute Gasteiger partial charge is 0.383 e. The minimum atomic E-state index is -0.518. The maximum absolute atomic E-state index is 11.9. The fourth-order valence-electron chi connectivity index (χ4n) is 3.46. The van der Waals surface area contributed by atoms with Gasteiger partial charge in [-0.15, -0.1) is 0 Å². The van der Waals surface area contributed by atoms with E-state index in [1.165, 1.54) is 12.3 Å². The number of nitrogens with zero attached hydrogens (tertiary/aromatic N) is 2. The Morgan fingerprint density at radius 3 is 3.08 bits per heavy atom. The van der Waals surface area contributed by atoms with E-state index in [4.69, 9.17) is 5.73 Å². The number of likely N-dealkylation sites (tertiary alicyclic amines) is 1. The van der Waals surface area contributed by atoms with E-state index >= 15 is 0 Å². The lowest BCUT2D eigenvalue weighted by atomic mass is 9.81. The summed E-state index contributed by atoms with van der Waals surface area (Å²) in [5.41, 5.74) is 7.16. The van der Waals surface area contributed by atoms with Gasteiger partial charge in [0.15, 0.2) is 0 Å². The highest BCUT2D eigenvalue weighted by Crippen LogP contribution is 2.32. The van der Waals surface area contributed by atoms with Gasteiger partial charge in [-0.3, -0.25) is 9.59 Å². The van der Waals surface area contributed by atoms with E-state index in [1.54, 1.807) is 6.20 Å². The number of aromatic nitrogens is 2. The number of carbonyl (C=O) groups excluding carboxylic acids is 2. The first-order valence-electron chi connectivity index (χ1n) is 8.35. The Morgan fingerprint density at radius 2 is 2.36 bits per heavy atom. The minimum absolute atomic E-state index is 0.0410. The molecule has 3 heterocycles. The first-order chi connectivity index (χ1) is 11.9. The van der Waals surface area contributed by atoms with Crippen LogP contribution in [0.5, 0.6) is 0 Å². The molecule has 3 rings (SSSR count). The van der Waals surface area contributed by atoms with Crippen molar-refractivity contribution in [2.75, 3.05) is 25.0 Å². The molecule has 0 aromatic carbocycles. The second-order valence-electron chi connectivity index (χ2n) is 6.88. The molecule has 1 unspecified atom stereocenters. The van der Waals surface area contributed by atoms with Crippen LogP contribution >= 0.6 is 0 Å². The van der Waals surface area contributed by atoms with Crippen molar-refractivity contribution in [3.63, 3.8) is 0 Å². The maximum atomic E-state index is 11.9. The molecule has 1 atom stereocenters. The monoisotopic (exact) mass is 341 g/mol. The third-order valence-electron chi connectivity index (χ3n) is 4.81. The summed E-state index contributed by atoms with van der Waals surface area (Å²) in [6.45, 7) is 7.74. The van der Waals surface area contributed by atoms with Crippen LogP contribution in [0, 0.1) is 5.41 Å². The second kappa shape index (κ2) is 6.58. The smallest absolute Gasteiger partial charge is 0.252 e. The van der Waals surface area contributed by atoms with Gasteiger partial charge in [0.25, 0.3) is 5.91 Å². The van der Waals surface area contributed by atoms with Crippen molar-refractivity contribution in [3.05, 3.63) is 36.7 Å².